The number of aromatic nitrogens is 4. The molecule has 0 radical (unpaired) electrons. The van der Waals surface area contributed by atoms with Gasteiger partial charge in [0.25, 0.3) is 35.0 Å². The zero-order chi connectivity index (χ0) is 44.6. The Bertz CT molecular complexity index is 2000. The van der Waals surface area contributed by atoms with Crippen LogP contribution in [0, 0.1) is 20.2 Å². The van der Waals surface area contributed by atoms with E-state index in [-0.39, 0.29) is 34.6 Å². The van der Waals surface area contributed by atoms with Crippen LogP contribution in [0.15, 0.2) is 49.1 Å². The summed E-state index contributed by atoms with van der Waals surface area (Å²) in [4.78, 5) is 78.2. The van der Waals surface area contributed by atoms with Gasteiger partial charge in [0.15, 0.2) is 0 Å². The summed E-state index contributed by atoms with van der Waals surface area (Å²) in [6.45, 7) is 3.48. The summed E-state index contributed by atoms with van der Waals surface area (Å²) in [5.74, 6) is -1.58. The Balaban J connectivity index is 1.22. The number of carbonyl (C=O) groups excluding carboxylic acids is 4. The molecule has 20 heteroatoms. The van der Waals surface area contributed by atoms with Gasteiger partial charge < -0.3 is 49.3 Å². The largest absolute Gasteiger partial charge is 0.351 e. The Kier molecular flexibility index (Phi) is 17.8. The monoisotopic (exact) mass is 848 g/mol. The highest BCUT2D eigenvalue weighted by atomic mass is 16.6. The lowest BCUT2D eigenvalue weighted by Gasteiger charge is -2.10. The van der Waals surface area contributed by atoms with Gasteiger partial charge in [0.1, 0.15) is 22.8 Å². The van der Waals surface area contributed by atoms with Gasteiger partial charge in [-0.3, -0.25) is 39.4 Å². The Hall–Kier alpha value is -6.28. The van der Waals surface area contributed by atoms with Crippen molar-refractivity contribution in [3.8, 4) is 0 Å². The molecule has 0 unspecified atom stereocenters. The molecule has 0 spiro atoms. The van der Waals surface area contributed by atoms with Gasteiger partial charge in [-0.1, -0.05) is 32.1 Å². The molecule has 0 aromatic carbocycles. The van der Waals surface area contributed by atoms with E-state index in [4.69, 9.17) is 0 Å². The number of amides is 4. The number of rotatable bonds is 26. The Morgan fingerprint density at radius 1 is 0.525 bits per heavy atom. The van der Waals surface area contributed by atoms with Crippen LogP contribution in [0.3, 0.4) is 0 Å². The van der Waals surface area contributed by atoms with Crippen molar-refractivity contribution in [2.45, 2.75) is 70.9 Å². The SMILES string of the molecule is CN(C)CCCNC(=O)c1cc(NC(=O)c2cc([N+](=O)[O-])cn2CCCCCCCCCn2cc([N+](=O)[O-])cc2C(=O)Nc2cc(C(=O)NCCCN(C)C)n(C)c2)cn1C. The van der Waals surface area contributed by atoms with E-state index in [2.05, 4.69) is 21.3 Å². The molecule has 0 aliphatic rings. The predicted molar refractivity (Wildman–Crippen MR) is 232 cm³/mol. The van der Waals surface area contributed by atoms with Gasteiger partial charge in [-0.25, -0.2) is 0 Å². The number of hydrogen-bond donors (Lipinski definition) is 4. The first-order valence-corrected chi connectivity index (χ1v) is 20.5. The third-order valence-corrected chi connectivity index (χ3v) is 10.1. The summed E-state index contributed by atoms with van der Waals surface area (Å²) < 4.78 is 6.40. The minimum absolute atomic E-state index is 0.145. The van der Waals surface area contributed by atoms with Crippen molar-refractivity contribution in [2.24, 2.45) is 14.1 Å². The zero-order valence-corrected chi connectivity index (χ0v) is 36.1. The van der Waals surface area contributed by atoms with E-state index in [1.165, 1.54) is 24.5 Å². The normalized spacial score (nSPS) is 11.3. The van der Waals surface area contributed by atoms with Gasteiger partial charge in [-0.15, -0.1) is 0 Å². The van der Waals surface area contributed by atoms with Crippen LogP contribution in [0.1, 0.15) is 99.7 Å². The number of nitro groups is 2. The Morgan fingerprint density at radius 3 is 1.23 bits per heavy atom. The van der Waals surface area contributed by atoms with Gasteiger partial charge in [0, 0.05) is 64.8 Å². The number of nitrogens with one attached hydrogen (secondary N) is 4. The van der Waals surface area contributed by atoms with Crippen LogP contribution in [-0.4, -0.2) is 116 Å². The first-order chi connectivity index (χ1) is 29.0. The van der Waals surface area contributed by atoms with Crippen molar-refractivity contribution in [1.82, 2.24) is 38.7 Å². The molecule has 0 bridgehead atoms. The lowest BCUT2D eigenvalue weighted by atomic mass is 10.1. The maximum Gasteiger partial charge on any atom is 0.287 e. The Labute approximate surface area is 355 Å². The Morgan fingerprint density at radius 2 is 0.885 bits per heavy atom. The fourth-order valence-electron chi connectivity index (χ4n) is 6.87. The summed E-state index contributed by atoms with van der Waals surface area (Å²) in [6, 6.07) is 5.63. The molecular weight excluding hydrogens is 789 g/mol. The van der Waals surface area contributed by atoms with Crippen LogP contribution in [0.5, 0.6) is 0 Å². The van der Waals surface area contributed by atoms with Crippen LogP contribution < -0.4 is 21.3 Å². The molecule has 4 rings (SSSR count). The number of aryl methyl sites for hydroxylation is 4. The average Bonchev–Trinajstić information content (AvgIpc) is 3.99. The molecule has 61 heavy (non-hydrogen) atoms. The van der Waals surface area contributed by atoms with Crippen LogP contribution in [-0.2, 0) is 27.2 Å². The molecule has 0 fully saturated rings. The smallest absolute Gasteiger partial charge is 0.287 e. The minimum atomic E-state index is -0.536. The van der Waals surface area contributed by atoms with E-state index in [0.717, 1.165) is 58.0 Å². The summed E-state index contributed by atoms with van der Waals surface area (Å²) in [5.41, 5.74) is 1.44. The molecule has 4 aromatic rings. The number of anilines is 2. The summed E-state index contributed by atoms with van der Waals surface area (Å²) in [7, 11) is 11.2. The zero-order valence-electron chi connectivity index (χ0n) is 36.1. The third-order valence-electron chi connectivity index (χ3n) is 10.1. The van der Waals surface area contributed by atoms with Crippen molar-refractivity contribution in [1.29, 1.82) is 0 Å². The van der Waals surface area contributed by atoms with Gasteiger partial charge in [-0.05, 0) is 79.1 Å². The van der Waals surface area contributed by atoms with E-state index in [9.17, 15) is 39.4 Å². The molecule has 4 aromatic heterocycles. The quantitative estimate of drug-likeness (QED) is 0.0372. The number of nitrogens with zero attached hydrogens (tertiary/aromatic N) is 8. The van der Waals surface area contributed by atoms with E-state index in [1.54, 1.807) is 56.9 Å². The molecule has 332 valence electrons. The second-order valence-corrected chi connectivity index (χ2v) is 15.7. The van der Waals surface area contributed by atoms with E-state index in [1.807, 2.05) is 38.0 Å². The lowest BCUT2D eigenvalue weighted by molar-refractivity contribution is -0.385. The van der Waals surface area contributed by atoms with Crippen LogP contribution >= 0.6 is 0 Å². The molecule has 20 nitrogen and oxygen atoms in total. The highest BCUT2D eigenvalue weighted by Gasteiger charge is 2.23. The van der Waals surface area contributed by atoms with Gasteiger partial charge in [0.2, 0.25) is 0 Å². The van der Waals surface area contributed by atoms with Crippen LogP contribution in [0.4, 0.5) is 22.7 Å². The van der Waals surface area contributed by atoms with Gasteiger partial charge >= 0.3 is 0 Å². The standard InChI is InChI=1S/C41H60N12O8/c1-46(2)18-14-16-42-38(54)34-22-30(26-48(34)5)44-40(56)36-24-32(52(58)59)28-50(36)20-12-10-8-7-9-11-13-21-51-29-33(53(60)61)25-37(51)41(57)45-31-23-35(49(6)27-31)39(55)43-17-15-19-47(3)4/h22-29H,7-21H2,1-6H3,(H,42,54)(H,43,55)(H,44,56)(H,45,57). The van der Waals surface area contributed by atoms with Crippen molar-refractivity contribution >= 4 is 46.4 Å². The number of unbranched alkanes of at least 4 members (excludes halogenated alkanes) is 6. The van der Waals surface area contributed by atoms with Crippen molar-refractivity contribution in [2.75, 3.05) is 65.0 Å². The first kappa shape index (κ1) is 47.4. The fraction of sp³-hybridized carbons (Fsp3) is 0.512. The number of hydrogen-bond acceptors (Lipinski definition) is 10. The second kappa shape index (κ2) is 22.9. The summed E-state index contributed by atoms with van der Waals surface area (Å²) in [6.07, 6.45) is 13.3. The first-order valence-electron chi connectivity index (χ1n) is 20.5. The van der Waals surface area contributed by atoms with Crippen LogP contribution in [0.2, 0.25) is 0 Å². The summed E-state index contributed by atoms with van der Waals surface area (Å²) in [5, 5.41) is 34.5. The average molecular weight is 849 g/mol. The second-order valence-electron chi connectivity index (χ2n) is 15.7. The molecule has 4 amide bonds. The third kappa shape index (κ3) is 14.5. The maximum absolute atomic E-state index is 13.3. The van der Waals surface area contributed by atoms with Crippen molar-refractivity contribution < 1.29 is 29.0 Å². The molecule has 0 aliphatic carbocycles. The maximum atomic E-state index is 13.3. The molecule has 0 aliphatic heterocycles. The minimum Gasteiger partial charge on any atom is -0.351 e. The molecule has 0 saturated heterocycles. The van der Waals surface area contributed by atoms with E-state index in [0.29, 0.717) is 61.8 Å². The molecule has 4 heterocycles. The van der Waals surface area contributed by atoms with Crippen molar-refractivity contribution in [3.63, 3.8) is 0 Å². The van der Waals surface area contributed by atoms with E-state index < -0.39 is 21.7 Å². The van der Waals surface area contributed by atoms with E-state index >= 15 is 0 Å². The predicted octanol–water partition coefficient (Wildman–Crippen LogP) is 5.08. The van der Waals surface area contributed by atoms with Gasteiger partial charge in [-0.2, -0.15) is 0 Å². The fourth-order valence-corrected chi connectivity index (χ4v) is 6.87. The molecule has 0 saturated carbocycles. The highest BCUT2D eigenvalue weighted by molar-refractivity contribution is 6.05. The lowest BCUT2D eigenvalue weighted by Crippen LogP contribution is -2.28. The summed E-state index contributed by atoms with van der Waals surface area (Å²) >= 11 is 0. The van der Waals surface area contributed by atoms with Crippen LogP contribution in [0.25, 0.3) is 0 Å². The molecule has 4 N–H and O–H groups in total. The topological polar surface area (TPSA) is 229 Å². The van der Waals surface area contributed by atoms with Crippen molar-refractivity contribution in [3.05, 3.63) is 92.1 Å². The molecular formula is C41H60N12O8. The number of carbonyl (C=O) groups is 4. The molecule has 0 atom stereocenters. The van der Waals surface area contributed by atoms with Gasteiger partial charge in [0.05, 0.1) is 33.6 Å². The highest BCUT2D eigenvalue weighted by Crippen LogP contribution is 2.23.